The van der Waals surface area contributed by atoms with Crippen LogP contribution < -0.4 is 22.1 Å². The van der Waals surface area contributed by atoms with Crippen LogP contribution in [-0.2, 0) is 27.6 Å². The van der Waals surface area contributed by atoms with Crippen LogP contribution in [0.1, 0.15) is 29.5 Å². The van der Waals surface area contributed by atoms with Crippen LogP contribution in [-0.4, -0.2) is 25.7 Å². The van der Waals surface area contributed by atoms with Crippen molar-refractivity contribution < 1.29 is 9.21 Å². The van der Waals surface area contributed by atoms with Crippen molar-refractivity contribution in [2.24, 2.45) is 21.1 Å². The minimum Gasteiger partial charge on any atom is -0.469 e. The van der Waals surface area contributed by atoms with Crippen LogP contribution in [0.2, 0.25) is 0 Å². The Balaban J connectivity index is 2.01. The van der Waals surface area contributed by atoms with Gasteiger partial charge in [-0.15, -0.1) is 0 Å². The van der Waals surface area contributed by atoms with E-state index in [-0.39, 0.29) is 22.6 Å². The normalized spacial score (nSPS) is 12.3. The second kappa shape index (κ2) is 7.34. The van der Waals surface area contributed by atoms with E-state index in [4.69, 9.17) is 4.42 Å². The van der Waals surface area contributed by atoms with Gasteiger partial charge in [-0.05, 0) is 25.5 Å². The largest absolute Gasteiger partial charge is 0.469 e. The van der Waals surface area contributed by atoms with Gasteiger partial charge in [0.15, 0.2) is 0 Å². The molecule has 3 aromatic heterocycles. The number of hydrogen-bond donors (Lipinski definition) is 1. The maximum Gasteiger partial charge on any atom is 0.332 e. The number of carbonyl (C=O) groups excluding carboxylic acids is 1. The molecule has 3 rings (SSSR count). The highest BCUT2D eigenvalue weighted by atomic mass is 16.3. The molecule has 1 amide bonds. The fraction of sp³-hybridized carbons (Fsp3) is 0.368. The first-order chi connectivity index (χ1) is 13.2. The molecule has 0 saturated carbocycles. The number of aryl methyl sites for hydroxylation is 3. The third kappa shape index (κ3) is 3.30. The van der Waals surface area contributed by atoms with Crippen LogP contribution >= 0.6 is 0 Å². The molecule has 9 nitrogen and oxygen atoms in total. The quantitative estimate of drug-likeness (QED) is 0.678. The lowest BCUT2D eigenvalue weighted by molar-refractivity contribution is 0.0939. The molecule has 0 aliphatic heterocycles. The first-order valence-corrected chi connectivity index (χ1v) is 8.85. The van der Waals surface area contributed by atoms with E-state index in [1.807, 2.05) is 13.0 Å². The third-order valence-corrected chi connectivity index (χ3v) is 4.85. The number of nitrogens with one attached hydrogen (secondary N) is 1. The molecular weight excluding hydrogens is 364 g/mol. The van der Waals surface area contributed by atoms with E-state index in [0.717, 1.165) is 16.4 Å². The average molecular weight is 386 g/mol. The summed E-state index contributed by atoms with van der Waals surface area (Å²) in [5.41, 5.74) is -1.61. The Hall–Kier alpha value is -3.36. The van der Waals surface area contributed by atoms with Crippen molar-refractivity contribution in [1.29, 1.82) is 0 Å². The summed E-state index contributed by atoms with van der Waals surface area (Å²) >= 11 is 0. The van der Waals surface area contributed by atoms with Crippen molar-refractivity contribution >= 4 is 16.9 Å². The van der Waals surface area contributed by atoms with Crippen LogP contribution in [0.25, 0.3) is 11.0 Å². The van der Waals surface area contributed by atoms with Crippen LogP contribution in [0.4, 0.5) is 0 Å². The summed E-state index contributed by atoms with van der Waals surface area (Å²) in [5.74, 6) is 0.273. The molecule has 0 bridgehead atoms. The van der Waals surface area contributed by atoms with E-state index in [1.54, 1.807) is 12.3 Å². The second-order valence-electron chi connectivity index (χ2n) is 6.85. The van der Waals surface area contributed by atoms with Crippen molar-refractivity contribution in [2.75, 3.05) is 0 Å². The van der Waals surface area contributed by atoms with Gasteiger partial charge < -0.3 is 9.73 Å². The Kier molecular flexibility index (Phi) is 5.08. The van der Waals surface area contributed by atoms with Gasteiger partial charge in [0, 0.05) is 39.7 Å². The molecule has 1 atom stereocenters. The van der Waals surface area contributed by atoms with Gasteiger partial charge in [-0.2, -0.15) is 0 Å². The predicted molar refractivity (Wildman–Crippen MR) is 104 cm³/mol. The highest BCUT2D eigenvalue weighted by molar-refractivity contribution is 6.05. The van der Waals surface area contributed by atoms with Crippen LogP contribution in [0.15, 0.2) is 43.3 Å². The summed E-state index contributed by atoms with van der Waals surface area (Å²) in [6.07, 6.45) is 2.85. The summed E-state index contributed by atoms with van der Waals surface area (Å²) in [7, 11) is 4.25. The van der Waals surface area contributed by atoms with Gasteiger partial charge >= 0.3 is 5.69 Å². The molecule has 0 saturated heterocycles. The zero-order chi connectivity index (χ0) is 20.6. The standard InChI is InChI=1S/C19H22N4O5/c1-11(7-8-12-6-5-9-28-12)20-16(25)13-10-14(24)21(2)17-15(13)18(26)23(4)19(27)22(17)3/h5-6,9-11H,7-8H2,1-4H3,(H,20,25)/t11-/m1/s1. The first kappa shape index (κ1) is 19.4. The lowest BCUT2D eigenvalue weighted by Crippen LogP contribution is -2.41. The molecule has 3 aromatic rings. The molecule has 0 aliphatic rings. The van der Waals surface area contributed by atoms with E-state index < -0.39 is 22.7 Å². The monoisotopic (exact) mass is 386 g/mol. The van der Waals surface area contributed by atoms with E-state index >= 15 is 0 Å². The molecule has 9 heteroatoms. The molecule has 1 N–H and O–H groups in total. The van der Waals surface area contributed by atoms with Gasteiger partial charge in [0.1, 0.15) is 11.4 Å². The minimum atomic E-state index is -0.623. The summed E-state index contributed by atoms with van der Waals surface area (Å²) in [6, 6.07) is 4.56. The third-order valence-electron chi connectivity index (χ3n) is 4.85. The molecule has 3 heterocycles. The zero-order valence-electron chi connectivity index (χ0n) is 16.2. The number of furan rings is 1. The number of pyridine rings is 1. The van der Waals surface area contributed by atoms with Gasteiger partial charge in [-0.25, -0.2) is 4.79 Å². The summed E-state index contributed by atoms with van der Waals surface area (Å²) < 4.78 is 8.58. The van der Waals surface area contributed by atoms with Gasteiger partial charge in [0.25, 0.3) is 17.0 Å². The van der Waals surface area contributed by atoms with Gasteiger partial charge in [-0.3, -0.25) is 28.1 Å². The maximum atomic E-state index is 12.8. The van der Waals surface area contributed by atoms with E-state index in [1.165, 1.54) is 30.3 Å². The number of aromatic nitrogens is 3. The first-order valence-electron chi connectivity index (χ1n) is 8.85. The Bertz CT molecular complexity index is 1210. The fourth-order valence-corrected chi connectivity index (χ4v) is 3.23. The van der Waals surface area contributed by atoms with Crippen LogP contribution in [0, 0.1) is 0 Å². The van der Waals surface area contributed by atoms with Gasteiger partial charge in [-0.1, -0.05) is 0 Å². The number of carbonyl (C=O) groups is 1. The summed E-state index contributed by atoms with van der Waals surface area (Å²) in [4.78, 5) is 50.1. The van der Waals surface area contributed by atoms with E-state index in [2.05, 4.69) is 5.32 Å². The molecule has 0 spiro atoms. The predicted octanol–water partition coefficient (Wildman–Crippen LogP) is 0.280. The Labute approximate surface area is 159 Å². The van der Waals surface area contributed by atoms with E-state index in [0.29, 0.717) is 12.8 Å². The van der Waals surface area contributed by atoms with Crippen LogP contribution in [0.5, 0.6) is 0 Å². The summed E-state index contributed by atoms with van der Waals surface area (Å²) in [6.45, 7) is 1.83. The van der Waals surface area contributed by atoms with Crippen molar-refractivity contribution in [1.82, 2.24) is 19.0 Å². The van der Waals surface area contributed by atoms with Crippen molar-refractivity contribution in [3.05, 3.63) is 67.0 Å². The minimum absolute atomic E-state index is 0.0300. The smallest absolute Gasteiger partial charge is 0.332 e. The van der Waals surface area contributed by atoms with Gasteiger partial charge in [0.05, 0.1) is 17.2 Å². The number of nitrogens with zero attached hydrogens (tertiary/aromatic N) is 3. The maximum absolute atomic E-state index is 12.8. The Morgan fingerprint density at radius 1 is 1.14 bits per heavy atom. The Morgan fingerprint density at radius 3 is 2.50 bits per heavy atom. The topological polar surface area (TPSA) is 108 Å². The molecular formula is C19H22N4O5. The lowest BCUT2D eigenvalue weighted by Gasteiger charge is -2.16. The second-order valence-corrected chi connectivity index (χ2v) is 6.85. The van der Waals surface area contributed by atoms with Crippen molar-refractivity contribution in [2.45, 2.75) is 25.8 Å². The number of fused-ring (bicyclic) bond motifs is 1. The molecule has 28 heavy (non-hydrogen) atoms. The van der Waals surface area contributed by atoms with Crippen molar-refractivity contribution in [3.63, 3.8) is 0 Å². The SMILES string of the molecule is C[C@H](CCc1ccco1)NC(=O)c1cc(=O)n(C)c2c1c(=O)n(C)c(=O)n2C. The van der Waals surface area contributed by atoms with Crippen LogP contribution in [0.3, 0.4) is 0 Å². The number of amides is 1. The number of rotatable bonds is 5. The average Bonchev–Trinajstić information content (AvgIpc) is 3.18. The molecule has 0 aromatic carbocycles. The molecule has 0 fully saturated rings. The molecule has 0 unspecified atom stereocenters. The molecule has 148 valence electrons. The zero-order valence-corrected chi connectivity index (χ0v) is 16.2. The molecule has 0 aliphatic carbocycles. The summed E-state index contributed by atoms with van der Waals surface area (Å²) in [5, 5.41) is 2.84. The van der Waals surface area contributed by atoms with Crippen molar-refractivity contribution in [3.8, 4) is 0 Å². The van der Waals surface area contributed by atoms with E-state index in [9.17, 15) is 19.2 Å². The molecule has 0 radical (unpaired) electrons. The Morgan fingerprint density at radius 2 is 1.86 bits per heavy atom. The highest BCUT2D eigenvalue weighted by Gasteiger charge is 2.21. The number of hydrogen-bond acceptors (Lipinski definition) is 5. The van der Waals surface area contributed by atoms with Gasteiger partial charge in [0.2, 0.25) is 0 Å². The highest BCUT2D eigenvalue weighted by Crippen LogP contribution is 2.12. The lowest BCUT2D eigenvalue weighted by atomic mass is 10.1. The fourth-order valence-electron chi connectivity index (χ4n) is 3.23.